The third-order valence-electron chi connectivity index (χ3n) is 3.04. The summed E-state index contributed by atoms with van der Waals surface area (Å²) in [5, 5.41) is 18.2. The van der Waals surface area contributed by atoms with Crippen molar-refractivity contribution in [3.63, 3.8) is 0 Å². The molecular formula is C14H23NO2. The standard InChI is InChI=1S/C14H23NO2/c1-3-4-12-5-7-13(8-6-12)9-15(2)14(10-16)11-17/h5-8,14,16-17H,3-4,9-11H2,1-2H3. The lowest BCUT2D eigenvalue weighted by Gasteiger charge is -2.24. The number of hydrogen-bond donors (Lipinski definition) is 2. The van der Waals surface area contributed by atoms with Gasteiger partial charge in [-0.2, -0.15) is 0 Å². The molecule has 17 heavy (non-hydrogen) atoms. The molecule has 0 heterocycles. The van der Waals surface area contributed by atoms with Gasteiger partial charge in [-0.05, 0) is 24.6 Å². The van der Waals surface area contributed by atoms with Crippen molar-refractivity contribution in [2.45, 2.75) is 32.4 Å². The Balaban J connectivity index is 2.56. The first-order valence-corrected chi connectivity index (χ1v) is 6.21. The quantitative estimate of drug-likeness (QED) is 0.754. The fourth-order valence-electron chi connectivity index (χ4n) is 1.85. The molecule has 0 radical (unpaired) electrons. The summed E-state index contributed by atoms with van der Waals surface area (Å²) in [5.74, 6) is 0. The maximum atomic E-state index is 9.09. The van der Waals surface area contributed by atoms with Crippen molar-refractivity contribution < 1.29 is 10.2 Å². The van der Waals surface area contributed by atoms with Gasteiger partial charge in [0.25, 0.3) is 0 Å². The van der Waals surface area contributed by atoms with E-state index in [0.29, 0.717) is 0 Å². The Bertz CT molecular complexity index is 307. The van der Waals surface area contributed by atoms with E-state index in [1.54, 1.807) is 0 Å². The maximum Gasteiger partial charge on any atom is 0.0609 e. The molecule has 0 aromatic heterocycles. The molecule has 0 fully saturated rings. The van der Waals surface area contributed by atoms with Gasteiger partial charge in [0, 0.05) is 6.54 Å². The van der Waals surface area contributed by atoms with Crippen LogP contribution in [0.1, 0.15) is 24.5 Å². The molecule has 0 aliphatic carbocycles. The molecule has 2 N–H and O–H groups in total. The van der Waals surface area contributed by atoms with Gasteiger partial charge >= 0.3 is 0 Å². The fourth-order valence-corrected chi connectivity index (χ4v) is 1.85. The highest BCUT2D eigenvalue weighted by Gasteiger charge is 2.12. The van der Waals surface area contributed by atoms with Crippen molar-refractivity contribution in [3.8, 4) is 0 Å². The van der Waals surface area contributed by atoms with E-state index in [9.17, 15) is 0 Å². The van der Waals surface area contributed by atoms with Gasteiger partial charge in [0.15, 0.2) is 0 Å². The summed E-state index contributed by atoms with van der Waals surface area (Å²) in [6, 6.07) is 8.37. The number of rotatable bonds is 7. The highest BCUT2D eigenvalue weighted by molar-refractivity contribution is 5.22. The van der Waals surface area contributed by atoms with Gasteiger partial charge in [0.05, 0.1) is 19.3 Å². The van der Waals surface area contributed by atoms with E-state index in [0.717, 1.165) is 19.4 Å². The van der Waals surface area contributed by atoms with Crippen LogP contribution in [0.2, 0.25) is 0 Å². The van der Waals surface area contributed by atoms with Crippen LogP contribution in [0.5, 0.6) is 0 Å². The van der Waals surface area contributed by atoms with E-state index >= 15 is 0 Å². The van der Waals surface area contributed by atoms with Gasteiger partial charge in [-0.3, -0.25) is 4.90 Å². The lowest BCUT2D eigenvalue weighted by atomic mass is 10.1. The minimum absolute atomic E-state index is 0.0130. The molecular weight excluding hydrogens is 214 g/mol. The van der Waals surface area contributed by atoms with Crippen molar-refractivity contribution in [1.82, 2.24) is 4.90 Å². The largest absolute Gasteiger partial charge is 0.395 e. The van der Waals surface area contributed by atoms with Gasteiger partial charge in [-0.15, -0.1) is 0 Å². The zero-order chi connectivity index (χ0) is 12.7. The average molecular weight is 237 g/mol. The monoisotopic (exact) mass is 237 g/mol. The average Bonchev–Trinajstić information content (AvgIpc) is 2.33. The topological polar surface area (TPSA) is 43.7 Å². The molecule has 0 saturated carbocycles. The number of likely N-dealkylation sites (N-methyl/N-ethyl adjacent to an activating group) is 1. The number of benzene rings is 1. The smallest absolute Gasteiger partial charge is 0.0609 e. The molecule has 96 valence electrons. The summed E-state index contributed by atoms with van der Waals surface area (Å²) < 4.78 is 0. The lowest BCUT2D eigenvalue weighted by molar-refractivity contribution is 0.0874. The predicted octanol–water partition coefficient (Wildman–Crippen LogP) is 1.42. The molecule has 0 saturated heterocycles. The normalized spacial score (nSPS) is 11.4. The Hall–Kier alpha value is -0.900. The summed E-state index contributed by atoms with van der Waals surface area (Å²) in [7, 11) is 1.91. The fraction of sp³-hybridized carbons (Fsp3) is 0.571. The molecule has 0 aliphatic heterocycles. The van der Waals surface area contributed by atoms with Crippen molar-refractivity contribution in [3.05, 3.63) is 35.4 Å². The second kappa shape index (κ2) is 7.43. The molecule has 3 heteroatoms. The van der Waals surface area contributed by atoms with Gasteiger partial charge in [0.2, 0.25) is 0 Å². The van der Waals surface area contributed by atoms with Crippen LogP contribution in [0.4, 0.5) is 0 Å². The molecule has 0 atom stereocenters. The summed E-state index contributed by atoms with van der Waals surface area (Å²) in [6.07, 6.45) is 2.28. The molecule has 1 aromatic carbocycles. The molecule has 0 spiro atoms. The number of aliphatic hydroxyl groups is 2. The summed E-state index contributed by atoms with van der Waals surface area (Å²) in [4.78, 5) is 1.97. The highest BCUT2D eigenvalue weighted by atomic mass is 16.3. The van der Waals surface area contributed by atoms with E-state index in [1.807, 2.05) is 11.9 Å². The third-order valence-corrected chi connectivity index (χ3v) is 3.04. The van der Waals surface area contributed by atoms with Crippen molar-refractivity contribution >= 4 is 0 Å². The summed E-state index contributed by atoms with van der Waals surface area (Å²) >= 11 is 0. The number of aryl methyl sites for hydroxylation is 1. The first-order chi connectivity index (χ1) is 8.21. The second-order valence-corrected chi connectivity index (χ2v) is 4.50. The van der Waals surface area contributed by atoms with Crippen LogP contribution < -0.4 is 0 Å². The Labute approximate surface area is 104 Å². The third kappa shape index (κ3) is 4.46. The summed E-state index contributed by atoms with van der Waals surface area (Å²) in [6.45, 7) is 2.90. The maximum absolute atomic E-state index is 9.09. The molecule has 0 amide bonds. The van der Waals surface area contributed by atoms with Gasteiger partial charge in [0.1, 0.15) is 0 Å². The number of hydrogen-bond acceptors (Lipinski definition) is 3. The van der Waals surface area contributed by atoms with Gasteiger partial charge < -0.3 is 10.2 Å². The van der Waals surface area contributed by atoms with Crippen LogP contribution in [0, 0.1) is 0 Å². The van der Waals surface area contributed by atoms with E-state index in [4.69, 9.17) is 10.2 Å². The Morgan fingerprint density at radius 3 is 2.06 bits per heavy atom. The zero-order valence-electron chi connectivity index (χ0n) is 10.8. The molecule has 0 unspecified atom stereocenters. The van der Waals surface area contributed by atoms with Crippen LogP contribution in [-0.4, -0.2) is 41.4 Å². The minimum atomic E-state index is -0.176. The first kappa shape index (κ1) is 14.2. The summed E-state index contributed by atoms with van der Waals surface area (Å²) in [5.41, 5.74) is 2.57. The van der Waals surface area contributed by atoms with Crippen molar-refractivity contribution in [2.75, 3.05) is 20.3 Å². The second-order valence-electron chi connectivity index (χ2n) is 4.50. The van der Waals surface area contributed by atoms with Gasteiger partial charge in [-0.25, -0.2) is 0 Å². The Morgan fingerprint density at radius 2 is 1.59 bits per heavy atom. The van der Waals surface area contributed by atoms with Crippen LogP contribution in [-0.2, 0) is 13.0 Å². The molecule has 1 rings (SSSR count). The SMILES string of the molecule is CCCc1ccc(CN(C)C(CO)CO)cc1. The van der Waals surface area contributed by atoms with Gasteiger partial charge in [-0.1, -0.05) is 37.6 Å². The van der Waals surface area contributed by atoms with Crippen LogP contribution in [0.3, 0.4) is 0 Å². The zero-order valence-corrected chi connectivity index (χ0v) is 10.8. The van der Waals surface area contributed by atoms with Crippen LogP contribution in [0.15, 0.2) is 24.3 Å². The number of aliphatic hydroxyl groups excluding tert-OH is 2. The highest BCUT2D eigenvalue weighted by Crippen LogP contribution is 2.10. The first-order valence-electron chi connectivity index (χ1n) is 6.21. The molecule has 1 aromatic rings. The molecule has 0 bridgehead atoms. The Kier molecular flexibility index (Phi) is 6.19. The minimum Gasteiger partial charge on any atom is -0.395 e. The number of nitrogens with zero attached hydrogens (tertiary/aromatic N) is 1. The van der Waals surface area contributed by atoms with E-state index in [1.165, 1.54) is 11.1 Å². The van der Waals surface area contributed by atoms with Crippen molar-refractivity contribution in [2.24, 2.45) is 0 Å². The molecule has 3 nitrogen and oxygen atoms in total. The van der Waals surface area contributed by atoms with Crippen LogP contribution >= 0.6 is 0 Å². The molecule has 0 aliphatic rings. The van der Waals surface area contributed by atoms with E-state index < -0.39 is 0 Å². The van der Waals surface area contributed by atoms with Crippen LogP contribution in [0.25, 0.3) is 0 Å². The lowest BCUT2D eigenvalue weighted by Crippen LogP contribution is -2.37. The predicted molar refractivity (Wildman–Crippen MR) is 69.9 cm³/mol. The van der Waals surface area contributed by atoms with E-state index in [-0.39, 0.29) is 19.3 Å². The Morgan fingerprint density at radius 1 is 1.06 bits per heavy atom. The van der Waals surface area contributed by atoms with E-state index in [2.05, 4.69) is 31.2 Å². The van der Waals surface area contributed by atoms with Crippen molar-refractivity contribution in [1.29, 1.82) is 0 Å².